The Labute approximate surface area is 71.7 Å². The predicted octanol–water partition coefficient (Wildman–Crippen LogP) is 0.710. The van der Waals surface area contributed by atoms with Crippen molar-refractivity contribution < 1.29 is 14.6 Å². The zero-order valence-corrected chi connectivity index (χ0v) is 7.25. The Balaban J connectivity index is 2.25. The molecule has 2 aliphatic rings. The molecule has 0 amide bonds. The first-order chi connectivity index (χ1) is 5.63. The summed E-state index contributed by atoms with van der Waals surface area (Å²) in [5.41, 5.74) is -0.170. The molecule has 1 N–H and O–H groups in total. The summed E-state index contributed by atoms with van der Waals surface area (Å²) in [5, 5.41) is 9.82. The minimum absolute atomic E-state index is 0.170. The summed E-state index contributed by atoms with van der Waals surface area (Å²) in [7, 11) is 0. The van der Waals surface area contributed by atoms with Gasteiger partial charge in [-0.2, -0.15) is 0 Å². The van der Waals surface area contributed by atoms with Crippen molar-refractivity contribution in [1.29, 1.82) is 0 Å². The lowest BCUT2D eigenvalue weighted by atomic mass is 9.67. The zero-order valence-electron chi connectivity index (χ0n) is 7.25. The van der Waals surface area contributed by atoms with Gasteiger partial charge in [-0.15, -0.1) is 0 Å². The van der Waals surface area contributed by atoms with Crippen LogP contribution < -0.4 is 0 Å². The molecule has 3 heteroatoms. The van der Waals surface area contributed by atoms with Crippen molar-refractivity contribution in [2.24, 2.45) is 11.3 Å². The first kappa shape index (κ1) is 8.05. The molecular weight excluding hydrogens is 156 g/mol. The topological polar surface area (TPSA) is 46.5 Å². The van der Waals surface area contributed by atoms with E-state index >= 15 is 0 Å². The van der Waals surface area contributed by atoms with Crippen molar-refractivity contribution in [2.45, 2.75) is 32.3 Å². The Kier molecular flexibility index (Phi) is 1.65. The molecule has 1 heterocycles. The Hall–Kier alpha value is -0.570. The SMILES string of the molecule is CC12CCCC(C(=O)OC1)C2O. The summed E-state index contributed by atoms with van der Waals surface area (Å²) in [5.74, 6) is -0.461. The Morgan fingerprint density at radius 1 is 1.67 bits per heavy atom. The minimum atomic E-state index is -0.479. The summed E-state index contributed by atoms with van der Waals surface area (Å²) in [4.78, 5) is 11.2. The van der Waals surface area contributed by atoms with Crippen molar-refractivity contribution in [3.63, 3.8) is 0 Å². The molecule has 2 fully saturated rings. The molecule has 0 radical (unpaired) electrons. The maximum absolute atomic E-state index is 11.2. The highest BCUT2D eigenvalue weighted by Gasteiger charge is 2.49. The molecule has 1 aliphatic heterocycles. The van der Waals surface area contributed by atoms with Crippen LogP contribution in [0.15, 0.2) is 0 Å². The molecule has 0 aromatic carbocycles. The third-order valence-electron chi connectivity index (χ3n) is 3.21. The summed E-state index contributed by atoms with van der Waals surface area (Å²) in [6.45, 7) is 2.39. The van der Waals surface area contributed by atoms with Gasteiger partial charge in [0.25, 0.3) is 0 Å². The van der Waals surface area contributed by atoms with Crippen LogP contribution in [0.2, 0.25) is 0 Å². The van der Waals surface area contributed by atoms with Crippen molar-refractivity contribution in [3.8, 4) is 0 Å². The second kappa shape index (κ2) is 2.46. The van der Waals surface area contributed by atoms with Gasteiger partial charge in [-0.05, 0) is 12.8 Å². The fourth-order valence-electron chi connectivity index (χ4n) is 2.26. The molecule has 2 bridgehead atoms. The van der Waals surface area contributed by atoms with E-state index in [0.29, 0.717) is 6.61 Å². The normalized spacial score (nSPS) is 47.0. The average Bonchev–Trinajstić information content (AvgIpc) is 2.03. The van der Waals surface area contributed by atoms with E-state index in [-0.39, 0.29) is 17.3 Å². The third-order valence-corrected chi connectivity index (χ3v) is 3.21. The van der Waals surface area contributed by atoms with Gasteiger partial charge in [-0.25, -0.2) is 0 Å². The zero-order chi connectivity index (χ0) is 8.77. The number of fused-ring (bicyclic) bond motifs is 2. The standard InChI is InChI=1S/C9H14O3/c1-9-4-2-3-6(7(9)10)8(11)12-5-9/h6-7,10H,2-5H2,1H3. The van der Waals surface area contributed by atoms with Crippen LogP contribution in [0.3, 0.4) is 0 Å². The number of esters is 1. The number of carbonyl (C=O) groups excluding carboxylic acids is 1. The molecule has 1 saturated carbocycles. The number of hydrogen-bond acceptors (Lipinski definition) is 3. The Bertz CT molecular complexity index is 214. The molecule has 68 valence electrons. The van der Waals surface area contributed by atoms with Gasteiger partial charge in [0.05, 0.1) is 18.6 Å². The van der Waals surface area contributed by atoms with Crippen LogP contribution in [0.1, 0.15) is 26.2 Å². The smallest absolute Gasteiger partial charge is 0.311 e. The fourth-order valence-corrected chi connectivity index (χ4v) is 2.26. The predicted molar refractivity (Wildman–Crippen MR) is 42.4 cm³/mol. The molecule has 2 rings (SSSR count). The second-order valence-corrected chi connectivity index (χ2v) is 4.21. The van der Waals surface area contributed by atoms with E-state index in [4.69, 9.17) is 4.74 Å². The van der Waals surface area contributed by atoms with Crippen LogP contribution in [0.25, 0.3) is 0 Å². The highest BCUT2D eigenvalue weighted by Crippen LogP contribution is 2.43. The van der Waals surface area contributed by atoms with Gasteiger partial charge in [-0.3, -0.25) is 4.79 Å². The number of cyclic esters (lactones) is 1. The van der Waals surface area contributed by atoms with E-state index in [1.807, 2.05) is 6.92 Å². The monoisotopic (exact) mass is 170 g/mol. The maximum Gasteiger partial charge on any atom is 0.311 e. The Morgan fingerprint density at radius 3 is 3.08 bits per heavy atom. The van der Waals surface area contributed by atoms with Gasteiger partial charge in [0, 0.05) is 5.41 Å². The quantitative estimate of drug-likeness (QED) is 0.545. The van der Waals surface area contributed by atoms with E-state index in [1.54, 1.807) is 0 Å². The van der Waals surface area contributed by atoms with Gasteiger partial charge < -0.3 is 9.84 Å². The number of aliphatic hydroxyl groups excluding tert-OH is 1. The van der Waals surface area contributed by atoms with Gasteiger partial charge in [-0.1, -0.05) is 13.3 Å². The number of hydrogen-bond donors (Lipinski definition) is 1. The van der Waals surface area contributed by atoms with Crippen LogP contribution in [0.5, 0.6) is 0 Å². The summed E-state index contributed by atoms with van der Waals surface area (Å²) < 4.78 is 5.02. The minimum Gasteiger partial charge on any atom is -0.465 e. The van der Waals surface area contributed by atoms with Gasteiger partial charge >= 0.3 is 5.97 Å². The molecule has 0 spiro atoms. The highest BCUT2D eigenvalue weighted by molar-refractivity contribution is 5.74. The number of carbonyl (C=O) groups is 1. The van der Waals surface area contributed by atoms with E-state index < -0.39 is 6.10 Å². The largest absolute Gasteiger partial charge is 0.465 e. The summed E-state index contributed by atoms with van der Waals surface area (Å²) in [6, 6.07) is 0. The van der Waals surface area contributed by atoms with Gasteiger partial charge in [0.1, 0.15) is 0 Å². The van der Waals surface area contributed by atoms with Crippen molar-refractivity contribution in [2.75, 3.05) is 6.61 Å². The van der Waals surface area contributed by atoms with Crippen LogP contribution in [0.4, 0.5) is 0 Å². The van der Waals surface area contributed by atoms with Crippen molar-refractivity contribution >= 4 is 5.97 Å². The third kappa shape index (κ3) is 0.959. The number of ether oxygens (including phenoxy) is 1. The summed E-state index contributed by atoms with van der Waals surface area (Å²) >= 11 is 0. The molecule has 0 aromatic heterocycles. The molecule has 3 unspecified atom stereocenters. The average molecular weight is 170 g/mol. The molecule has 3 nitrogen and oxygen atoms in total. The maximum atomic E-state index is 11.2. The van der Waals surface area contributed by atoms with Crippen LogP contribution >= 0.6 is 0 Å². The molecule has 0 aromatic rings. The van der Waals surface area contributed by atoms with Crippen molar-refractivity contribution in [1.82, 2.24) is 0 Å². The molecule has 1 aliphatic carbocycles. The second-order valence-electron chi connectivity index (χ2n) is 4.21. The number of rotatable bonds is 0. The van der Waals surface area contributed by atoms with Crippen molar-refractivity contribution in [3.05, 3.63) is 0 Å². The molecule has 1 saturated heterocycles. The Morgan fingerprint density at radius 2 is 2.42 bits per heavy atom. The lowest BCUT2D eigenvalue weighted by Crippen LogP contribution is -2.52. The van der Waals surface area contributed by atoms with E-state index in [9.17, 15) is 9.90 Å². The molecule has 3 atom stereocenters. The molecule has 12 heavy (non-hydrogen) atoms. The van der Waals surface area contributed by atoms with E-state index in [2.05, 4.69) is 0 Å². The van der Waals surface area contributed by atoms with E-state index in [0.717, 1.165) is 19.3 Å². The summed E-state index contributed by atoms with van der Waals surface area (Å²) in [6.07, 6.45) is 2.31. The fraction of sp³-hybridized carbons (Fsp3) is 0.889. The lowest BCUT2D eigenvalue weighted by molar-refractivity contribution is -0.186. The van der Waals surface area contributed by atoms with E-state index in [1.165, 1.54) is 0 Å². The van der Waals surface area contributed by atoms with Crippen LogP contribution in [0, 0.1) is 11.3 Å². The van der Waals surface area contributed by atoms with Crippen LogP contribution in [-0.4, -0.2) is 23.8 Å². The number of aliphatic hydroxyl groups is 1. The van der Waals surface area contributed by atoms with Gasteiger partial charge in [0.15, 0.2) is 0 Å². The molecular formula is C9H14O3. The lowest BCUT2D eigenvalue weighted by Gasteiger charge is -2.45. The first-order valence-electron chi connectivity index (χ1n) is 4.48. The first-order valence-corrected chi connectivity index (χ1v) is 4.48. The van der Waals surface area contributed by atoms with Gasteiger partial charge in [0.2, 0.25) is 0 Å². The highest BCUT2D eigenvalue weighted by atomic mass is 16.5. The van der Waals surface area contributed by atoms with Crippen LogP contribution in [-0.2, 0) is 9.53 Å².